The fourth-order valence-corrected chi connectivity index (χ4v) is 3.04. The SMILES string of the molecule is C=CCNC(=O)c1ccccc1NC(=O)[C@H]1CC(=O)N(c2ccc(F)cc2)C1. The van der Waals surface area contributed by atoms with Crippen LogP contribution in [0.3, 0.4) is 0 Å². The van der Waals surface area contributed by atoms with E-state index in [0.29, 0.717) is 23.5 Å². The van der Waals surface area contributed by atoms with E-state index in [9.17, 15) is 18.8 Å². The number of carbonyl (C=O) groups is 3. The highest BCUT2D eigenvalue weighted by atomic mass is 19.1. The number of halogens is 1. The van der Waals surface area contributed by atoms with Crippen molar-refractivity contribution >= 4 is 29.1 Å². The molecule has 0 aliphatic carbocycles. The number of nitrogens with zero attached hydrogens (tertiary/aromatic N) is 1. The number of rotatable bonds is 6. The van der Waals surface area contributed by atoms with Gasteiger partial charge in [0.15, 0.2) is 0 Å². The van der Waals surface area contributed by atoms with Gasteiger partial charge in [0.25, 0.3) is 5.91 Å². The maximum absolute atomic E-state index is 13.1. The molecule has 2 aromatic carbocycles. The summed E-state index contributed by atoms with van der Waals surface area (Å²) >= 11 is 0. The molecule has 0 spiro atoms. The fourth-order valence-electron chi connectivity index (χ4n) is 3.04. The van der Waals surface area contributed by atoms with E-state index in [1.165, 1.54) is 29.2 Å². The van der Waals surface area contributed by atoms with Gasteiger partial charge < -0.3 is 15.5 Å². The third-order valence-corrected chi connectivity index (χ3v) is 4.47. The fraction of sp³-hybridized carbons (Fsp3) is 0.190. The van der Waals surface area contributed by atoms with Crippen LogP contribution in [-0.4, -0.2) is 30.8 Å². The predicted molar refractivity (Wildman–Crippen MR) is 104 cm³/mol. The van der Waals surface area contributed by atoms with Crippen molar-refractivity contribution in [1.29, 1.82) is 0 Å². The van der Waals surface area contributed by atoms with E-state index in [4.69, 9.17) is 0 Å². The summed E-state index contributed by atoms with van der Waals surface area (Å²) in [6.07, 6.45) is 1.61. The molecule has 0 radical (unpaired) electrons. The van der Waals surface area contributed by atoms with Crippen LogP contribution in [-0.2, 0) is 9.59 Å². The summed E-state index contributed by atoms with van der Waals surface area (Å²) in [6.45, 7) is 4.06. The number of carbonyl (C=O) groups excluding carboxylic acids is 3. The van der Waals surface area contributed by atoms with Crippen LogP contribution in [0, 0.1) is 11.7 Å². The number of para-hydroxylation sites is 1. The summed E-state index contributed by atoms with van der Waals surface area (Å²) in [6, 6.07) is 12.2. The third-order valence-electron chi connectivity index (χ3n) is 4.47. The van der Waals surface area contributed by atoms with Crippen molar-refractivity contribution in [3.05, 3.63) is 72.6 Å². The normalized spacial score (nSPS) is 16.0. The second-order valence-corrected chi connectivity index (χ2v) is 6.42. The van der Waals surface area contributed by atoms with Crippen LogP contribution in [0.2, 0.25) is 0 Å². The van der Waals surface area contributed by atoms with Crippen molar-refractivity contribution in [3.8, 4) is 0 Å². The van der Waals surface area contributed by atoms with E-state index in [1.807, 2.05) is 0 Å². The molecule has 0 unspecified atom stereocenters. The van der Waals surface area contributed by atoms with Gasteiger partial charge in [-0.1, -0.05) is 18.2 Å². The van der Waals surface area contributed by atoms with E-state index in [-0.39, 0.29) is 30.7 Å². The highest BCUT2D eigenvalue weighted by Crippen LogP contribution is 2.26. The molecule has 2 N–H and O–H groups in total. The summed E-state index contributed by atoms with van der Waals surface area (Å²) in [5.74, 6) is -1.84. The molecule has 1 atom stereocenters. The Morgan fingerprint density at radius 1 is 1.18 bits per heavy atom. The van der Waals surface area contributed by atoms with Crippen molar-refractivity contribution in [2.75, 3.05) is 23.3 Å². The number of amides is 3. The molecular formula is C21H20FN3O3. The molecule has 0 bridgehead atoms. The van der Waals surface area contributed by atoms with Crippen LogP contribution in [0.4, 0.5) is 15.8 Å². The topological polar surface area (TPSA) is 78.5 Å². The molecule has 1 fully saturated rings. The molecule has 1 aliphatic heterocycles. The van der Waals surface area contributed by atoms with Gasteiger partial charge in [0, 0.05) is 25.2 Å². The Morgan fingerprint density at radius 2 is 1.89 bits per heavy atom. The van der Waals surface area contributed by atoms with Crippen LogP contribution in [0.5, 0.6) is 0 Å². The molecule has 7 heteroatoms. The number of benzene rings is 2. The zero-order valence-corrected chi connectivity index (χ0v) is 15.2. The first-order valence-corrected chi connectivity index (χ1v) is 8.84. The molecule has 28 heavy (non-hydrogen) atoms. The van der Waals surface area contributed by atoms with E-state index < -0.39 is 11.7 Å². The van der Waals surface area contributed by atoms with E-state index in [0.717, 1.165) is 0 Å². The number of hydrogen-bond acceptors (Lipinski definition) is 3. The Hall–Kier alpha value is -3.48. The van der Waals surface area contributed by atoms with E-state index in [1.54, 1.807) is 30.3 Å². The monoisotopic (exact) mass is 381 g/mol. The molecule has 2 aromatic rings. The lowest BCUT2D eigenvalue weighted by Crippen LogP contribution is -2.29. The van der Waals surface area contributed by atoms with E-state index >= 15 is 0 Å². The molecule has 144 valence electrons. The minimum absolute atomic E-state index is 0.0496. The number of anilines is 2. The van der Waals surface area contributed by atoms with Gasteiger partial charge >= 0.3 is 0 Å². The number of nitrogens with one attached hydrogen (secondary N) is 2. The Bertz CT molecular complexity index is 911. The Morgan fingerprint density at radius 3 is 2.61 bits per heavy atom. The second-order valence-electron chi connectivity index (χ2n) is 6.42. The number of hydrogen-bond donors (Lipinski definition) is 2. The Labute approximate surface area is 162 Å². The molecule has 1 saturated heterocycles. The third kappa shape index (κ3) is 4.25. The molecule has 3 rings (SSSR count). The molecule has 0 saturated carbocycles. The second kappa shape index (κ2) is 8.47. The molecule has 1 heterocycles. The lowest BCUT2D eigenvalue weighted by atomic mass is 10.1. The highest BCUT2D eigenvalue weighted by Gasteiger charge is 2.35. The first-order chi connectivity index (χ1) is 13.5. The van der Waals surface area contributed by atoms with Gasteiger partial charge in [-0.25, -0.2) is 4.39 Å². The summed E-state index contributed by atoms with van der Waals surface area (Å²) in [5.41, 5.74) is 1.25. The van der Waals surface area contributed by atoms with Crippen LogP contribution in [0.1, 0.15) is 16.8 Å². The van der Waals surface area contributed by atoms with Crippen molar-refractivity contribution < 1.29 is 18.8 Å². The lowest BCUT2D eigenvalue weighted by molar-refractivity contribution is -0.122. The van der Waals surface area contributed by atoms with Gasteiger partial charge in [-0.3, -0.25) is 14.4 Å². The van der Waals surface area contributed by atoms with Crippen molar-refractivity contribution in [2.45, 2.75) is 6.42 Å². The smallest absolute Gasteiger partial charge is 0.253 e. The van der Waals surface area contributed by atoms with Gasteiger partial charge in [0.2, 0.25) is 11.8 Å². The zero-order chi connectivity index (χ0) is 20.1. The van der Waals surface area contributed by atoms with Crippen molar-refractivity contribution in [3.63, 3.8) is 0 Å². The maximum atomic E-state index is 13.1. The van der Waals surface area contributed by atoms with Crippen LogP contribution >= 0.6 is 0 Å². The zero-order valence-electron chi connectivity index (χ0n) is 15.2. The summed E-state index contributed by atoms with van der Waals surface area (Å²) in [4.78, 5) is 38.7. The standard InChI is InChI=1S/C21H20FN3O3/c1-2-11-23-21(28)17-5-3-4-6-18(17)24-20(27)14-12-19(26)25(13-14)16-9-7-15(22)8-10-16/h2-10,14H,1,11-13H2,(H,23,28)(H,24,27)/t14-/m0/s1. The quantitative estimate of drug-likeness (QED) is 0.756. The largest absolute Gasteiger partial charge is 0.349 e. The van der Waals surface area contributed by atoms with Gasteiger partial charge in [0.1, 0.15) is 5.82 Å². The minimum Gasteiger partial charge on any atom is -0.349 e. The van der Waals surface area contributed by atoms with Gasteiger partial charge in [-0.2, -0.15) is 0 Å². The molecule has 0 aromatic heterocycles. The van der Waals surface area contributed by atoms with Crippen molar-refractivity contribution in [2.24, 2.45) is 5.92 Å². The molecule has 1 aliphatic rings. The first kappa shape index (κ1) is 19.3. The van der Waals surface area contributed by atoms with Gasteiger partial charge in [-0.05, 0) is 36.4 Å². The first-order valence-electron chi connectivity index (χ1n) is 8.84. The van der Waals surface area contributed by atoms with Crippen LogP contribution in [0.15, 0.2) is 61.2 Å². The Balaban J connectivity index is 1.70. The summed E-state index contributed by atoms with van der Waals surface area (Å²) in [7, 11) is 0. The summed E-state index contributed by atoms with van der Waals surface area (Å²) in [5, 5.41) is 5.42. The molecule has 3 amide bonds. The lowest BCUT2D eigenvalue weighted by Gasteiger charge is -2.17. The van der Waals surface area contributed by atoms with Gasteiger partial charge in [-0.15, -0.1) is 6.58 Å². The average molecular weight is 381 g/mol. The minimum atomic E-state index is -0.568. The Kier molecular flexibility index (Phi) is 5.84. The maximum Gasteiger partial charge on any atom is 0.253 e. The molecule has 6 nitrogen and oxygen atoms in total. The van der Waals surface area contributed by atoms with Crippen LogP contribution < -0.4 is 15.5 Å². The average Bonchev–Trinajstić information content (AvgIpc) is 3.09. The van der Waals surface area contributed by atoms with E-state index in [2.05, 4.69) is 17.2 Å². The summed E-state index contributed by atoms with van der Waals surface area (Å²) < 4.78 is 13.1. The highest BCUT2D eigenvalue weighted by molar-refractivity contribution is 6.07. The van der Waals surface area contributed by atoms with Crippen LogP contribution in [0.25, 0.3) is 0 Å². The predicted octanol–water partition coefficient (Wildman–Crippen LogP) is 2.73. The van der Waals surface area contributed by atoms with Gasteiger partial charge in [0.05, 0.1) is 17.2 Å². The molecular weight excluding hydrogens is 361 g/mol. The van der Waals surface area contributed by atoms with Crippen molar-refractivity contribution in [1.82, 2.24) is 5.32 Å².